The second-order valence-corrected chi connectivity index (χ2v) is 4.61. The average molecular weight is 230 g/mol. The first kappa shape index (κ1) is 12.0. The second-order valence-electron chi connectivity index (χ2n) is 3.46. The molecule has 0 spiro atoms. The van der Waals surface area contributed by atoms with Crippen molar-refractivity contribution < 1.29 is 12.6 Å². The van der Waals surface area contributed by atoms with Crippen LogP contribution in [0.3, 0.4) is 0 Å². The van der Waals surface area contributed by atoms with Crippen LogP contribution >= 0.6 is 0 Å². The lowest BCUT2D eigenvalue weighted by atomic mass is 10.2. The van der Waals surface area contributed by atoms with Crippen LogP contribution in [0.15, 0.2) is 24.3 Å². The molecule has 0 aromatic heterocycles. The molecule has 5 nitrogen and oxygen atoms in total. The Morgan fingerprint density at radius 2 is 2.07 bits per heavy atom. The van der Waals surface area contributed by atoms with E-state index in [2.05, 4.69) is 4.18 Å². The number of hydrogen-bond acceptors (Lipinski definition) is 4. The van der Waals surface area contributed by atoms with Crippen molar-refractivity contribution in [3.63, 3.8) is 0 Å². The van der Waals surface area contributed by atoms with Crippen molar-refractivity contribution in [3.05, 3.63) is 29.8 Å². The van der Waals surface area contributed by atoms with E-state index >= 15 is 0 Å². The molecule has 0 amide bonds. The first-order valence-electron chi connectivity index (χ1n) is 4.33. The molecular weight excluding hydrogens is 216 g/mol. The van der Waals surface area contributed by atoms with E-state index in [0.717, 1.165) is 5.56 Å². The molecule has 0 aliphatic rings. The van der Waals surface area contributed by atoms with Crippen LogP contribution in [0.4, 0.5) is 0 Å². The summed E-state index contributed by atoms with van der Waals surface area (Å²) in [6.45, 7) is 0.710. The zero-order valence-electron chi connectivity index (χ0n) is 8.67. The maximum atomic E-state index is 10.7. The fourth-order valence-electron chi connectivity index (χ4n) is 1.19. The summed E-state index contributed by atoms with van der Waals surface area (Å²) in [5.41, 5.74) is 0.959. The molecule has 0 saturated carbocycles. The van der Waals surface area contributed by atoms with Gasteiger partial charge in [0.15, 0.2) is 0 Å². The van der Waals surface area contributed by atoms with Crippen molar-refractivity contribution in [3.8, 4) is 5.75 Å². The van der Waals surface area contributed by atoms with Gasteiger partial charge in [-0.25, -0.2) is 0 Å². The third-order valence-electron chi connectivity index (χ3n) is 1.61. The maximum absolute atomic E-state index is 10.7. The number of benzene rings is 1. The van der Waals surface area contributed by atoms with Gasteiger partial charge in [0.2, 0.25) is 0 Å². The predicted octanol–water partition coefficient (Wildman–Crippen LogP) is 0.331. The highest BCUT2D eigenvalue weighted by molar-refractivity contribution is 7.84. The summed E-state index contributed by atoms with van der Waals surface area (Å²) in [4.78, 5) is 1.97. The molecule has 1 rings (SSSR count). The number of nitrogens with zero attached hydrogens (tertiary/aromatic N) is 1. The zero-order valence-corrected chi connectivity index (χ0v) is 9.49. The minimum absolute atomic E-state index is 0.233. The van der Waals surface area contributed by atoms with Crippen molar-refractivity contribution in [2.45, 2.75) is 6.54 Å². The van der Waals surface area contributed by atoms with E-state index in [1.54, 1.807) is 18.2 Å². The third-order valence-corrected chi connectivity index (χ3v) is 2.03. The Morgan fingerprint density at radius 3 is 2.60 bits per heavy atom. The van der Waals surface area contributed by atoms with Crippen LogP contribution in [-0.2, 0) is 16.8 Å². The minimum atomic E-state index is -3.94. The van der Waals surface area contributed by atoms with E-state index in [9.17, 15) is 8.42 Å². The first-order valence-corrected chi connectivity index (χ1v) is 5.80. The molecule has 0 aliphatic carbocycles. The molecule has 0 aliphatic heterocycles. The Kier molecular flexibility index (Phi) is 3.67. The lowest BCUT2D eigenvalue weighted by molar-refractivity contribution is 0.401. The van der Waals surface area contributed by atoms with Gasteiger partial charge >= 0.3 is 10.3 Å². The molecule has 1 aromatic rings. The van der Waals surface area contributed by atoms with Crippen LogP contribution in [0.25, 0.3) is 0 Å². The number of hydrogen-bond donors (Lipinski definition) is 1. The van der Waals surface area contributed by atoms with E-state index in [1.165, 1.54) is 0 Å². The summed E-state index contributed by atoms with van der Waals surface area (Å²) >= 11 is 0. The lowest BCUT2D eigenvalue weighted by Gasteiger charge is -2.10. The predicted molar refractivity (Wildman–Crippen MR) is 57.6 cm³/mol. The Balaban J connectivity index is 2.83. The van der Waals surface area contributed by atoms with Gasteiger partial charge in [-0.1, -0.05) is 12.1 Å². The van der Waals surface area contributed by atoms with Crippen molar-refractivity contribution in [2.75, 3.05) is 14.1 Å². The Hall–Kier alpha value is -1.11. The Bertz CT molecular complexity index is 429. The van der Waals surface area contributed by atoms with Gasteiger partial charge in [-0.05, 0) is 31.8 Å². The van der Waals surface area contributed by atoms with Gasteiger partial charge in [0.25, 0.3) is 0 Å². The van der Waals surface area contributed by atoms with E-state index < -0.39 is 10.3 Å². The molecule has 84 valence electrons. The summed E-state index contributed by atoms with van der Waals surface area (Å²) in [7, 11) is -0.0884. The Labute approximate surface area is 89.7 Å². The number of nitrogens with two attached hydrogens (primary N) is 1. The molecule has 0 saturated heterocycles. The van der Waals surface area contributed by atoms with Crippen LogP contribution in [0.5, 0.6) is 5.75 Å². The SMILES string of the molecule is CN(C)Cc1cccc(OS(N)(=O)=O)c1. The smallest absolute Gasteiger partial charge is 0.371 e. The second kappa shape index (κ2) is 4.61. The zero-order chi connectivity index (χ0) is 11.5. The molecular formula is C9H14N2O3S. The molecule has 1 aromatic carbocycles. The minimum Gasteiger partial charge on any atom is -0.371 e. The fraction of sp³-hybridized carbons (Fsp3) is 0.333. The van der Waals surface area contributed by atoms with Gasteiger partial charge in [-0.2, -0.15) is 13.6 Å². The molecule has 0 radical (unpaired) electrons. The third kappa shape index (κ3) is 4.78. The van der Waals surface area contributed by atoms with E-state index in [4.69, 9.17) is 5.14 Å². The van der Waals surface area contributed by atoms with Crippen molar-refractivity contribution in [2.24, 2.45) is 5.14 Å². The van der Waals surface area contributed by atoms with Gasteiger partial charge in [0.1, 0.15) is 5.75 Å². The van der Waals surface area contributed by atoms with Crippen LogP contribution in [0.1, 0.15) is 5.56 Å². The molecule has 0 bridgehead atoms. The van der Waals surface area contributed by atoms with Crippen LogP contribution in [0, 0.1) is 0 Å². The lowest BCUT2D eigenvalue weighted by Crippen LogP contribution is -2.19. The van der Waals surface area contributed by atoms with Gasteiger partial charge < -0.3 is 9.08 Å². The first-order chi connectivity index (χ1) is 6.87. The normalized spacial score (nSPS) is 11.7. The number of rotatable bonds is 4. The van der Waals surface area contributed by atoms with Crippen LogP contribution < -0.4 is 9.32 Å². The summed E-state index contributed by atoms with van der Waals surface area (Å²) < 4.78 is 25.9. The van der Waals surface area contributed by atoms with Crippen molar-refractivity contribution in [1.82, 2.24) is 4.90 Å². The molecule has 2 N–H and O–H groups in total. The summed E-state index contributed by atoms with van der Waals surface area (Å²) in [6, 6.07) is 6.79. The molecule has 6 heteroatoms. The topological polar surface area (TPSA) is 72.6 Å². The van der Waals surface area contributed by atoms with Gasteiger partial charge in [-0.15, -0.1) is 0 Å². The highest BCUT2D eigenvalue weighted by Gasteiger charge is 2.05. The maximum Gasteiger partial charge on any atom is 0.380 e. The highest BCUT2D eigenvalue weighted by atomic mass is 32.2. The average Bonchev–Trinajstić information content (AvgIpc) is 1.99. The Morgan fingerprint density at radius 1 is 1.40 bits per heavy atom. The summed E-state index contributed by atoms with van der Waals surface area (Å²) in [5, 5.41) is 4.76. The molecule has 0 fully saturated rings. The fourth-order valence-corrected chi connectivity index (χ4v) is 1.57. The van der Waals surface area contributed by atoms with E-state index in [1.807, 2.05) is 25.1 Å². The monoisotopic (exact) mass is 230 g/mol. The van der Waals surface area contributed by atoms with Gasteiger partial charge in [0, 0.05) is 6.54 Å². The summed E-state index contributed by atoms with van der Waals surface area (Å²) in [6.07, 6.45) is 0. The van der Waals surface area contributed by atoms with Crippen molar-refractivity contribution in [1.29, 1.82) is 0 Å². The van der Waals surface area contributed by atoms with E-state index in [-0.39, 0.29) is 5.75 Å². The largest absolute Gasteiger partial charge is 0.380 e. The standard InChI is InChI=1S/C9H14N2O3S/c1-11(2)7-8-4-3-5-9(6-8)14-15(10,12)13/h3-6H,7H2,1-2H3,(H2,10,12,13). The molecule has 0 heterocycles. The summed E-state index contributed by atoms with van der Waals surface area (Å²) in [5.74, 6) is 0.233. The van der Waals surface area contributed by atoms with Gasteiger partial charge in [0.05, 0.1) is 0 Å². The molecule has 0 unspecified atom stereocenters. The van der Waals surface area contributed by atoms with Crippen molar-refractivity contribution >= 4 is 10.3 Å². The molecule has 15 heavy (non-hydrogen) atoms. The van der Waals surface area contributed by atoms with Crippen LogP contribution in [-0.4, -0.2) is 27.4 Å². The van der Waals surface area contributed by atoms with Crippen LogP contribution in [0.2, 0.25) is 0 Å². The molecule has 0 atom stereocenters. The quantitative estimate of drug-likeness (QED) is 0.809. The van der Waals surface area contributed by atoms with E-state index in [0.29, 0.717) is 6.54 Å². The van der Waals surface area contributed by atoms with Gasteiger partial charge in [-0.3, -0.25) is 0 Å². The highest BCUT2D eigenvalue weighted by Crippen LogP contribution is 2.15.